The fourth-order valence-electron chi connectivity index (χ4n) is 1.89. The van der Waals surface area contributed by atoms with Crippen LogP contribution in [0.1, 0.15) is 25.7 Å². The lowest BCUT2D eigenvalue weighted by Gasteiger charge is -2.27. The maximum Gasteiger partial charge on any atom is 0.306 e. The van der Waals surface area contributed by atoms with Gasteiger partial charge in [0.15, 0.2) is 0 Å². The third-order valence-electron chi connectivity index (χ3n) is 2.87. The highest BCUT2D eigenvalue weighted by Crippen LogP contribution is 2.28. The lowest BCUT2D eigenvalue weighted by atomic mass is 9.82. The van der Waals surface area contributed by atoms with Gasteiger partial charge in [-0.15, -0.1) is 0 Å². The summed E-state index contributed by atoms with van der Waals surface area (Å²) in [6, 6.07) is 0. The van der Waals surface area contributed by atoms with Crippen molar-refractivity contribution in [2.24, 2.45) is 17.7 Å². The van der Waals surface area contributed by atoms with E-state index in [2.05, 4.69) is 5.43 Å². The lowest BCUT2D eigenvalue weighted by Crippen LogP contribution is -2.45. The zero-order valence-electron chi connectivity index (χ0n) is 8.56. The van der Waals surface area contributed by atoms with Gasteiger partial charge in [0, 0.05) is 6.54 Å². The minimum Gasteiger partial charge on any atom is -0.481 e. The molecule has 0 heterocycles. The van der Waals surface area contributed by atoms with Gasteiger partial charge in [-0.25, -0.2) is 16.4 Å². The monoisotopic (exact) mass is 215 g/mol. The Bertz CT molecular complexity index is 227. The summed E-state index contributed by atoms with van der Waals surface area (Å²) in [4.78, 5) is 20.9. The molecule has 15 heavy (non-hydrogen) atoms. The van der Waals surface area contributed by atoms with Crippen molar-refractivity contribution in [2.45, 2.75) is 25.7 Å². The first-order valence-corrected chi connectivity index (χ1v) is 5.09. The van der Waals surface area contributed by atoms with E-state index in [1.165, 1.54) is 0 Å². The zero-order valence-corrected chi connectivity index (χ0v) is 8.56. The Morgan fingerprint density at radius 2 is 2.07 bits per heavy atom. The SMILES string of the molecule is NN(C=O)NCC1CCC(C(=O)O)CC1. The fraction of sp³-hybridized carbons (Fsp3) is 0.778. The molecule has 6 nitrogen and oxygen atoms in total. The first kappa shape index (κ1) is 11.9. The molecule has 1 amide bonds. The van der Waals surface area contributed by atoms with Crippen molar-refractivity contribution in [3.63, 3.8) is 0 Å². The van der Waals surface area contributed by atoms with Crippen molar-refractivity contribution in [2.75, 3.05) is 6.54 Å². The molecule has 0 aromatic rings. The second-order valence-electron chi connectivity index (χ2n) is 3.93. The molecule has 0 radical (unpaired) electrons. The molecule has 0 aliphatic heterocycles. The van der Waals surface area contributed by atoms with Crippen LogP contribution in [-0.2, 0) is 9.59 Å². The smallest absolute Gasteiger partial charge is 0.306 e. The molecule has 1 aliphatic rings. The van der Waals surface area contributed by atoms with Gasteiger partial charge >= 0.3 is 5.97 Å². The van der Waals surface area contributed by atoms with Crippen molar-refractivity contribution < 1.29 is 14.7 Å². The Labute approximate surface area is 88.4 Å². The lowest BCUT2D eigenvalue weighted by molar-refractivity contribution is -0.143. The topological polar surface area (TPSA) is 95.7 Å². The minimum atomic E-state index is -0.699. The van der Waals surface area contributed by atoms with Gasteiger partial charge in [-0.3, -0.25) is 9.59 Å². The van der Waals surface area contributed by atoms with Crippen LogP contribution >= 0.6 is 0 Å². The van der Waals surface area contributed by atoms with Gasteiger partial charge in [-0.2, -0.15) is 0 Å². The molecule has 0 unspecified atom stereocenters. The van der Waals surface area contributed by atoms with Gasteiger partial charge in [0.2, 0.25) is 6.41 Å². The molecule has 0 aromatic heterocycles. The van der Waals surface area contributed by atoms with Gasteiger partial charge < -0.3 is 5.11 Å². The van der Waals surface area contributed by atoms with Crippen LogP contribution in [-0.4, -0.2) is 29.1 Å². The average molecular weight is 215 g/mol. The Kier molecular flexibility index (Phi) is 4.51. The highest BCUT2D eigenvalue weighted by atomic mass is 16.4. The third-order valence-corrected chi connectivity index (χ3v) is 2.87. The van der Waals surface area contributed by atoms with E-state index < -0.39 is 5.97 Å². The molecule has 0 aromatic carbocycles. The molecule has 1 aliphatic carbocycles. The van der Waals surface area contributed by atoms with E-state index in [0.29, 0.717) is 31.7 Å². The largest absolute Gasteiger partial charge is 0.481 e. The van der Waals surface area contributed by atoms with E-state index >= 15 is 0 Å². The summed E-state index contributed by atoms with van der Waals surface area (Å²) in [5.41, 5.74) is 2.74. The maximum atomic E-state index is 10.7. The van der Waals surface area contributed by atoms with Gasteiger partial charge in [-0.05, 0) is 31.6 Å². The summed E-state index contributed by atoms with van der Waals surface area (Å²) in [6.45, 7) is 0.627. The standard InChI is InChI=1S/C9H17N3O3/c10-12(6-13)11-5-7-1-3-8(4-2-7)9(14)15/h6-8,11H,1-5,10H2,(H,14,15). The van der Waals surface area contributed by atoms with E-state index in [1.807, 2.05) is 0 Å². The molecule has 1 fully saturated rings. The van der Waals surface area contributed by atoms with Crippen molar-refractivity contribution in [1.29, 1.82) is 0 Å². The van der Waals surface area contributed by atoms with Crippen LogP contribution in [0.25, 0.3) is 0 Å². The number of nitrogens with zero attached hydrogens (tertiary/aromatic N) is 1. The molecule has 0 saturated heterocycles. The van der Waals surface area contributed by atoms with Crippen LogP contribution in [0.2, 0.25) is 0 Å². The summed E-state index contributed by atoms with van der Waals surface area (Å²) < 4.78 is 0. The minimum absolute atomic E-state index is 0.193. The quantitative estimate of drug-likeness (QED) is 0.253. The second-order valence-corrected chi connectivity index (χ2v) is 3.93. The number of aliphatic carboxylic acids is 1. The average Bonchev–Trinajstić information content (AvgIpc) is 2.26. The van der Waals surface area contributed by atoms with Gasteiger partial charge in [0.25, 0.3) is 0 Å². The maximum absolute atomic E-state index is 10.7. The molecule has 0 bridgehead atoms. The number of hydrazine groups is 2. The van der Waals surface area contributed by atoms with Crippen molar-refractivity contribution in [3.8, 4) is 0 Å². The predicted molar refractivity (Wildman–Crippen MR) is 53.2 cm³/mol. The van der Waals surface area contributed by atoms with Gasteiger partial charge in [0.05, 0.1) is 5.92 Å². The number of carbonyl (C=O) groups is 2. The van der Waals surface area contributed by atoms with E-state index in [4.69, 9.17) is 10.9 Å². The number of hydrogen-bond acceptors (Lipinski definition) is 4. The second kappa shape index (κ2) is 5.67. The Morgan fingerprint density at radius 1 is 1.47 bits per heavy atom. The van der Waals surface area contributed by atoms with Crippen LogP contribution in [0.15, 0.2) is 0 Å². The van der Waals surface area contributed by atoms with Crippen LogP contribution in [0.4, 0.5) is 0 Å². The Balaban J connectivity index is 2.20. The number of carboxylic acids is 1. The van der Waals surface area contributed by atoms with Gasteiger partial charge in [0.1, 0.15) is 0 Å². The van der Waals surface area contributed by atoms with Crippen LogP contribution in [0.3, 0.4) is 0 Å². The third kappa shape index (κ3) is 3.85. The number of hydrogen-bond donors (Lipinski definition) is 3. The summed E-state index contributed by atoms with van der Waals surface area (Å²) in [5.74, 6) is 4.74. The number of nitrogens with one attached hydrogen (secondary N) is 1. The van der Waals surface area contributed by atoms with Crippen LogP contribution in [0.5, 0.6) is 0 Å². The summed E-state index contributed by atoms with van der Waals surface area (Å²) in [6.07, 6.45) is 3.68. The number of carboxylic acid groups (broad SMARTS) is 1. The Morgan fingerprint density at radius 3 is 2.53 bits per heavy atom. The molecule has 1 rings (SSSR count). The molecule has 6 heteroatoms. The molecule has 4 N–H and O–H groups in total. The predicted octanol–water partition coefficient (Wildman–Crippen LogP) is -0.286. The molecule has 1 saturated carbocycles. The van der Waals surface area contributed by atoms with E-state index in [9.17, 15) is 9.59 Å². The highest BCUT2D eigenvalue weighted by Gasteiger charge is 2.25. The molecular formula is C9H17N3O3. The number of nitrogens with two attached hydrogens (primary N) is 1. The number of rotatable bonds is 5. The molecule has 86 valence electrons. The van der Waals surface area contributed by atoms with Crippen LogP contribution in [0, 0.1) is 11.8 Å². The summed E-state index contributed by atoms with van der Waals surface area (Å²) in [5, 5.41) is 9.68. The Hall–Kier alpha value is -1.14. The first-order valence-electron chi connectivity index (χ1n) is 5.09. The van der Waals surface area contributed by atoms with Crippen molar-refractivity contribution in [3.05, 3.63) is 0 Å². The van der Waals surface area contributed by atoms with E-state index in [-0.39, 0.29) is 5.92 Å². The number of carbonyl (C=O) groups excluding carboxylic acids is 1. The van der Waals surface area contributed by atoms with E-state index in [1.54, 1.807) is 0 Å². The van der Waals surface area contributed by atoms with Crippen molar-refractivity contribution in [1.82, 2.24) is 10.5 Å². The molecule has 0 spiro atoms. The highest BCUT2D eigenvalue weighted by molar-refractivity contribution is 5.69. The summed E-state index contributed by atoms with van der Waals surface area (Å²) in [7, 11) is 0. The molecule has 0 atom stereocenters. The first-order chi connectivity index (χ1) is 7.13. The number of amides is 1. The normalized spacial score (nSPS) is 25.9. The summed E-state index contributed by atoms with van der Waals surface area (Å²) >= 11 is 0. The van der Waals surface area contributed by atoms with Gasteiger partial charge in [-0.1, -0.05) is 0 Å². The molecular weight excluding hydrogens is 198 g/mol. The zero-order chi connectivity index (χ0) is 11.3. The van der Waals surface area contributed by atoms with Crippen molar-refractivity contribution >= 4 is 12.4 Å². The van der Waals surface area contributed by atoms with Crippen LogP contribution < -0.4 is 11.3 Å². The van der Waals surface area contributed by atoms with E-state index in [0.717, 1.165) is 18.0 Å². The fourth-order valence-corrected chi connectivity index (χ4v) is 1.89.